The van der Waals surface area contributed by atoms with Gasteiger partial charge in [0, 0.05) is 23.2 Å². The van der Waals surface area contributed by atoms with Crippen LogP contribution in [0.15, 0.2) is 54.1 Å². The molecule has 0 radical (unpaired) electrons. The van der Waals surface area contributed by atoms with Gasteiger partial charge in [0.05, 0.1) is 0 Å². The molecule has 0 aliphatic heterocycles. The Labute approximate surface area is 128 Å². The Bertz CT molecular complexity index is 526. The van der Waals surface area contributed by atoms with Gasteiger partial charge in [0.15, 0.2) is 0 Å². The summed E-state index contributed by atoms with van der Waals surface area (Å²) in [5.41, 5.74) is 1.05. The van der Waals surface area contributed by atoms with Gasteiger partial charge >= 0.3 is 0 Å². The summed E-state index contributed by atoms with van der Waals surface area (Å²) in [5, 5.41) is 4.39. The fourth-order valence-corrected chi connectivity index (χ4v) is 2.10. The van der Waals surface area contributed by atoms with Gasteiger partial charge in [-0.25, -0.2) is 4.98 Å². The third-order valence-corrected chi connectivity index (χ3v) is 3.65. The lowest BCUT2D eigenvalue weighted by atomic mass is 10.2. The van der Waals surface area contributed by atoms with Gasteiger partial charge < -0.3 is 5.32 Å². The lowest BCUT2D eigenvalue weighted by Gasteiger charge is -2.04. The molecule has 0 aliphatic rings. The Morgan fingerprint density at radius 2 is 2.00 bits per heavy atom. The van der Waals surface area contributed by atoms with Crippen LogP contribution in [-0.2, 0) is 0 Å². The van der Waals surface area contributed by atoms with Crippen LogP contribution in [0.1, 0.15) is 12.5 Å². The molecule has 2 rings (SSSR count). The molecule has 0 fully saturated rings. The highest BCUT2D eigenvalue weighted by Crippen LogP contribution is 2.12. The van der Waals surface area contributed by atoms with E-state index >= 15 is 0 Å². The molecule has 4 heteroatoms. The van der Waals surface area contributed by atoms with Gasteiger partial charge in [-0.15, -0.1) is 21.0 Å². The lowest BCUT2D eigenvalue weighted by Crippen LogP contribution is -2.00. The molecule has 1 N–H and O–H groups in total. The highest BCUT2D eigenvalue weighted by molar-refractivity contribution is 7.98. The van der Waals surface area contributed by atoms with Crippen molar-refractivity contribution < 1.29 is 0 Å². The Kier molecular flexibility index (Phi) is 8.01. The highest BCUT2D eigenvalue weighted by Gasteiger charge is 1.95. The van der Waals surface area contributed by atoms with E-state index in [4.69, 9.17) is 0 Å². The molecule has 2 aromatic rings. The average molecular weight is 304 g/mol. The minimum Gasteiger partial charge on any atom is -0.370 e. The number of hydrogen-bond donors (Lipinski definition) is 1. The predicted octanol–water partition coefficient (Wildman–Crippen LogP) is 4.07. The van der Waals surface area contributed by atoms with Crippen molar-refractivity contribution in [2.75, 3.05) is 18.1 Å². The number of benzene rings is 1. The van der Waals surface area contributed by atoms with E-state index in [2.05, 4.69) is 56.6 Å². The van der Waals surface area contributed by atoms with Crippen LogP contribution in [0.2, 0.25) is 0 Å². The molecule has 2 nitrogen and oxygen atoms in total. The minimum absolute atomic E-state index is 0.887. The van der Waals surface area contributed by atoms with E-state index in [1.54, 1.807) is 24.0 Å². The second kappa shape index (κ2) is 9.57. The molecule has 1 unspecified atom stereocenters. The van der Waals surface area contributed by atoms with Crippen molar-refractivity contribution in [1.82, 2.24) is 4.98 Å². The molecule has 1 heterocycles. The second-order valence-electron chi connectivity index (χ2n) is 3.95. The maximum absolute atomic E-state index is 4.16. The van der Waals surface area contributed by atoms with Gasteiger partial charge in [-0.2, -0.15) is 0 Å². The highest BCUT2D eigenvalue weighted by atomic mass is 32.2. The van der Waals surface area contributed by atoms with Crippen molar-refractivity contribution in [2.24, 2.45) is 0 Å². The molecule has 0 bridgehead atoms. The van der Waals surface area contributed by atoms with Crippen LogP contribution in [0.3, 0.4) is 0 Å². The third kappa shape index (κ3) is 5.77. The second-order valence-corrected chi connectivity index (χ2v) is 5.50. The first-order valence-electron chi connectivity index (χ1n) is 6.42. The molecule has 106 valence electrons. The number of hydrogen-bond acceptors (Lipinski definition) is 3. The summed E-state index contributed by atoms with van der Waals surface area (Å²) < 4.78 is 0. The Morgan fingerprint density at radius 3 is 2.55 bits per heavy atom. The standard InChI is InChI=1S/C9H12N2.C7H9PS/c1-3-8-6-5-7-11-9(8)10-4-2;1-9-7-4-2-6(8)3-5-7/h3,5-7H,1,4H2,2H3,(H,10,11);2-5H,8H2,1H3. The smallest absolute Gasteiger partial charge is 0.133 e. The van der Waals surface area contributed by atoms with Crippen LogP contribution in [0, 0.1) is 0 Å². The number of aromatic nitrogens is 1. The predicted molar refractivity (Wildman–Crippen MR) is 96.1 cm³/mol. The van der Waals surface area contributed by atoms with Crippen LogP contribution in [0.4, 0.5) is 5.82 Å². The molecule has 20 heavy (non-hydrogen) atoms. The zero-order valence-electron chi connectivity index (χ0n) is 12.0. The van der Waals surface area contributed by atoms with E-state index in [9.17, 15) is 0 Å². The van der Waals surface area contributed by atoms with Gasteiger partial charge in [-0.1, -0.05) is 24.8 Å². The van der Waals surface area contributed by atoms with Crippen molar-refractivity contribution in [3.63, 3.8) is 0 Å². The van der Waals surface area contributed by atoms with Crippen LogP contribution < -0.4 is 10.6 Å². The van der Waals surface area contributed by atoms with Crippen LogP contribution in [-0.4, -0.2) is 17.8 Å². The number of pyridine rings is 1. The minimum atomic E-state index is 0.887. The lowest BCUT2D eigenvalue weighted by molar-refractivity contribution is 1.15. The summed E-state index contributed by atoms with van der Waals surface area (Å²) in [5.74, 6) is 0.907. The topological polar surface area (TPSA) is 24.9 Å². The molecular weight excluding hydrogens is 283 g/mol. The first kappa shape index (κ1) is 16.7. The first-order valence-corrected chi connectivity index (χ1v) is 8.22. The summed E-state index contributed by atoms with van der Waals surface area (Å²) in [6, 6.07) is 12.3. The monoisotopic (exact) mass is 304 g/mol. The van der Waals surface area contributed by atoms with Gasteiger partial charge in [0.1, 0.15) is 5.82 Å². The number of nitrogens with zero attached hydrogens (tertiary/aromatic N) is 1. The molecule has 1 aromatic heterocycles. The number of thioether (sulfide) groups is 1. The quantitative estimate of drug-likeness (QED) is 0.681. The molecule has 0 saturated heterocycles. The van der Waals surface area contributed by atoms with Crippen molar-refractivity contribution in [3.05, 3.63) is 54.7 Å². The summed E-state index contributed by atoms with van der Waals surface area (Å²) >= 11 is 1.77. The number of rotatable bonds is 4. The average Bonchev–Trinajstić information content (AvgIpc) is 2.50. The molecule has 0 saturated carbocycles. The van der Waals surface area contributed by atoms with E-state index < -0.39 is 0 Å². The molecule has 0 spiro atoms. The van der Waals surface area contributed by atoms with Gasteiger partial charge in [0.2, 0.25) is 0 Å². The fourth-order valence-electron chi connectivity index (χ4n) is 1.50. The zero-order valence-corrected chi connectivity index (χ0v) is 13.9. The van der Waals surface area contributed by atoms with Crippen molar-refractivity contribution in [2.45, 2.75) is 11.8 Å². The summed E-state index contributed by atoms with van der Waals surface area (Å²) in [7, 11) is 2.66. The molecular formula is C16H21N2PS. The van der Waals surface area contributed by atoms with Crippen molar-refractivity contribution in [3.8, 4) is 0 Å². The van der Waals surface area contributed by atoms with Crippen LogP contribution in [0.25, 0.3) is 6.08 Å². The summed E-state index contributed by atoms with van der Waals surface area (Å²) in [4.78, 5) is 5.48. The summed E-state index contributed by atoms with van der Waals surface area (Å²) in [6.45, 7) is 6.62. The van der Waals surface area contributed by atoms with E-state index in [-0.39, 0.29) is 0 Å². The van der Waals surface area contributed by atoms with Crippen LogP contribution in [0.5, 0.6) is 0 Å². The first-order chi connectivity index (χ1) is 9.71. The maximum Gasteiger partial charge on any atom is 0.133 e. The molecule has 1 aromatic carbocycles. The van der Waals surface area contributed by atoms with Crippen LogP contribution >= 0.6 is 21.0 Å². The maximum atomic E-state index is 4.16. The van der Waals surface area contributed by atoms with E-state index in [1.807, 2.05) is 19.1 Å². The van der Waals surface area contributed by atoms with E-state index in [0.29, 0.717) is 0 Å². The Hall–Kier alpha value is -1.31. The summed E-state index contributed by atoms with van der Waals surface area (Å²) in [6.07, 6.45) is 5.65. The molecule has 0 amide bonds. The van der Waals surface area contributed by atoms with Gasteiger partial charge in [0.25, 0.3) is 0 Å². The normalized spacial score (nSPS) is 9.35. The van der Waals surface area contributed by atoms with E-state index in [1.165, 1.54) is 10.2 Å². The largest absolute Gasteiger partial charge is 0.370 e. The third-order valence-electron chi connectivity index (χ3n) is 2.52. The van der Waals surface area contributed by atoms with Gasteiger partial charge in [-0.3, -0.25) is 0 Å². The Balaban J connectivity index is 0.000000204. The van der Waals surface area contributed by atoms with Crippen molar-refractivity contribution >= 4 is 38.2 Å². The number of nitrogens with one attached hydrogen (secondary N) is 1. The number of anilines is 1. The van der Waals surface area contributed by atoms with E-state index in [0.717, 1.165) is 17.9 Å². The van der Waals surface area contributed by atoms with Crippen molar-refractivity contribution in [1.29, 1.82) is 0 Å². The zero-order chi connectivity index (χ0) is 14.8. The fraction of sp³-hybridized carbons (Fsp3) is 0.188. The Morgan fingerprint density at radius 1 is 1.30 bits per heavy atom. The SMILES string of the molecule is C=Cc1cccnc1NCC.CSc1ccc(P)cc1. The molecule has 0 aliphatic carbocycles. The van der Waals surface area contributed by atoms with Gasteiger partial charge in [-0.05, 0) is 42.7 Å². The molecule has 1 atom stereocenters.